The number of pyridine rings is 1. The number of hydrogen-bond donors (Lipinski definition) is 0. The van der Waals surface area contributed by atoms with Gasteiger partial charge in [0.05, 0.1) is 27.8 Å². The molecule has 218 valence electrons. The van der Waals surface area contributed by atoms with Crippen LogP contribution in [-0.4, -0.2) is 18.7 Å². The maximum Gasteiger partial charge on any atom is 0.145 e. The van der Waals surface area contributed by atoms with Crippen molar-refractivity contribution in [1.29, 1.82) is 0 Å². The number of nitrogens with zero attached hydrogens (tertiary/aromatic N) is 4. The van der Waals surface area contributed by atoms with Gasteiger partial charge < -0.3 is 9.13 Å². The van der Waals surface area contributed by atoms with E-state index in [9.17, 15) is 0 Å². The normalized spacial score (nSPS) is 12.0. The van der Waals surface area contributed by atoms with Gasteiger partial charge >= 0.3 is 0 Å². The van der Waals surface area contributed by atoms with Crippen LogP contribution in [0.4, 0.5) is 0 Å². The highest BCUT2D eigenvalue weighted by atomic mass is 15.0. The lowest BCUT2D eigenvalue weighted by molar-refractivity contribution is 1.10. The van der Waals surface area contributed by atoms with Crippen molar-refractivity contribution in [3.05, 3.63) is 158 Å². The Hall–Kier alpha value is -6.13. The van der Waals surface area contributed by atoms with Crippen molar-refractivity contribution < 1.29 is 0 Å². The molecule has 46 heavy (non-hydrogen) atoms. The molecule has 0 fully saturated rings. The molecule has 0 aliphatic rings. The molecule has 0 aliphatic carbocycles. The van der Waals surface area contributed by atoms with Gasteiger partial charge in [0, 0.05) is 55.8 Å². The van der Waals surface area contributed by atoms with E-state index in [0.717, 1.165) is 44.9 Å². The molecule has 0 saturated heterocycles. The highest BCUT2D eigenvalue weighted by Crippen LogP contribution is 2.37. The highest BCUT2D eigenvalue weighted by Gasteiger charge is 2.18. The van der Waals surface area contributed by atoms with Crippen LogP contribution in [0.5, 0.6) is 0 Å². The summed E-state index contributed by atoms with van der Waals surface area (Å²) >= 11 is 0. The Bertz CT molecular complexity index is 2610. The molecular formula is C42H30N4. The van der Waals surface area contributed by atoms with E-state index in [-0.39, 0.29) is 0 Å². The third kappa shape index (κ3) is 3.71. The second kappa shape index (κ2) is 10.2. The Balaban J connectivity index is 1.24. The summed E-state index contributed by atoms with van der Waals surface area (Å²) in [5, 5.41) is 6.01. The number of hydrogen-bond acceptors (Lipinski definition) is 1. The van der Waals surface area contributed by atoms with Gasteiger partial charge in [-0.15, -0.1) is 0 Å². The maximum atomic E-state index is 4.77. The fourth-order valence-electron chi connectivity index (χ4n) is 7.29. The van der Waals surface area contributed by atoms with Crippen molar-refractivity contribution in [2.24, 2.45) is 0 Å². The summed E-state index contributed by atoms with van der Waals surface area (Å²) in [5.74, 6) is 0. The van der Waals surface area contributed by atoms with Crippen LogP contribution < -0.4 is 0 Å². The van der Waals surface area contributed by atoms with Gasteiger partial charge in [-0.05, 0) is 85.8 Å². The third-order valence-corrected chi connectivity index (χ3v) is 9.19. The van der Waals surface area contributed by atoms with E-state index in [1.54, 1.807) is 0 Å². The molecule has 4 heterocycles. The Morgan fingerprint density at radius 3 is 1.76 bits per heavy atom. The van der Waals surface area contributed by atoms with Gasteiger partial charge in [-0.3, -0.25) is 4.57 Å². The summed E-state index contributed by atoms with van der Waals surface area (Å²) in [5.41, 5.74) is 11.3. The average molecular weight is 591 g/mol. The Kier molecular flexibility index (Phi) is 5.84. The smallest absolute Gasteiger partial charge is 0.145 e. The molecule has 9 aromatic rings. The van der Waals surface area contributed by atoms with Crippen LogP contribution in [0.2, 0.25) is 0 Å². The van der Waals surface area contributed by atoms with Crippen LogP contribution in [0.15, 0.2) is 146 Å². The SMILES string of the molecule is C=Cc1c(/C=C\C)n(-c2ccc3c(c2)c2ccccc2n3-c2ccc(-n3c4ccccc4c4cccnc43)cc2)c2ccccc12. The summed E-state index contributed by atoms with van der Waals surface area (Å²) < 4.78 is 6.98. The molecule has 0 atom stereocenters. The molecule has 0 spiro atoms. The van der Waals surface area contributed by atoms with E-state index in [1.165, 1.54) is 38.1 Å². The number of benzene rings is 5. The standard InChI is InChI=1S/C42H30N4/c1-3-12-37-31(4-2)32-13-5-8-17-38(32)45(37)30-24-25-41-36(27-30)34-15-7-9-18-39(34)44(41)28-20-22-29(23-21-28)46-40-19-10-6-14-33(40)35-16-11-26-43-42(35)46/h3-27H,2H2,1H3/b12-3-. The quantitative estimate of drug-likeness (QED) is 0.196. The predicted octanol–water partition coefficient (Wildman–Crippen LogP) is 10.9. The molecule has 9 rings (SSSR count). The fraction of sp³-hybridized carbons (Fsp3) is 0.0238. The van der Waals surface area contributed by atoms with Crippen molar-refractivity contribution in [2.45, 2.75) is 6.92 Å². The largest absolute Gasteiger partial charge is 0.309 e. The van der Waals surface area contributed by atoms with Gasteiger partial charge in [-0.25, -0.2) is 4.98 Å². The van der Waals surface area contributed by atoms with Crippen LogP contribution in [-0.2, 0) is 0 Å². The van der Waals surface area contributed by atoms with Crippen molar-refractivity contribution in [3.63, 3.8) is 0 Å². The van der Waals surface area contributed by atoms with Gasteiger partial charge in [-0.1, -0.05) is 73.3 Å². The van der Waals surface area contributed by atoms with E-state index in [4.69, 9.17) is 4.98 Å². The first-order valence-electron chi connectivity index (χ1n) is 15.6. The lowest BCUT2D eigenvalue weighted by Crippen LogP contribution is -1.99. The first-order valence-corrected chi connectivity index (χ1v) is 15.6. The number of rotatable bonds is 5. The molecule has 0 bridgehead atoms. The minimum atomic E-state index is 0.968. The Labute approximate surface area is 266 Å². The van der Waals surface area contributed by atoms with Crippen LogP contribution in [0.3, 0.4) is 0 Å². The second-order valence-corrected chi connectivity index (χ2v) is 11.7. The molecule has 0 unspecified atom stereocenters. The van der Waals surface area contributed by atoms with Crippen molar-refractivity contribution >= 4 is 66.8 Å². The van der Waals surface area contributed by atoms with Gasteiger partial charge in [0.15, 0.2) is 0 Å². The van der Waals surface area contributed by atoms with Crippen molar-refractivity contribution in [3.8, 4) is 17.1 Å². The average Bonchev–Trinajstić information content (AvgIpc) is 3.74. The molecule has 4 nitrogen and oxygen atoms in total. The van der Waals surface area contributed by atoms with E-state index in [0.29, 0.717) is 0 Å². The Morgan fingerprint density at radius 1 is 0.522 bits per heavy atom. The first-order chi connectivity index (χ1) is 22.8. The molecule has 0 radical (unpaired) electrons. The zero-order valence-electron chi connectivity index (χ0n) is 25.4. The zero-order valence-corrected chi connectivity index (χ0v) is 25.4. The summed E-state index contributed by atoms with van der Waals surface area (Å²) in [7, 11) is 0. The molecule has 5 aromatic carbocycles. The number of allylic oxidation sites excluding steroid dienone is 1. The predicted molar refractivity (Wildman–Crippen MR) is 195 cm³/mol. The molecule has 0 saturated carbocycles. The summed E-state index contributed by atoms with van der Waals surface area (Å²) in [4.78, 5) is 4.77. The van der Waals surface area contributed by atoms with Gasteiger partial charge in [0.1, 0.15) is 5.65 Å². The highest BCUT2D eigenvalue weighted by molar-refractivity contribution is 6.10. The van der Waals surface area contributed by atoms with E-state index in [1.807, 2.05) is 18.3 Å². The molecule has 0 amide bonds. The number of para-hydroxylation sites is 3. The summed E-state index contributed by atoms with van der Waals surface area (Å²) in [6.45, 7) is 6.22. The van der Waals surface area contributed by atoms with Crippen molar-refractivity contribution in [1.82, 2.24) is 18.7 Å². The lowest BCUT2D eigenvalue weighted by Gasteiger charge is -2.12. The van der Waals surface area contributed by atoms with Crippen molar-refractivity contribution in [2.75, 3.05) is 0 Å². The van der Waals surface area contributed by atoms with Crippen LogP contribution >= 0.6 is 0 Å². The van der Waals surface area contributed by atoms with Gasteiger partial charge in [0.25, 0.3) is 0 Å². The fourth-order valence-corrected chi connectivity index (χ4v) is 7.29. The molecule has 4 aromatic heterocycles. The molecule has 0 N–H and O–H groups in total. The van der Waals surface area contributed by atoms with Gasteiger partial charge in [0.2, 0.25) is 0 Å². The van der Waals surface area contributed by atoms with E-state index in [2.05, 4.69) is 161 Å². The summed E-state index contributed by atoms with van der Waals surface area (Å²) in [6, 6.07) is 45.6. The van der Waals surface area contributed by atoms with Crippen LogP contribution in [0, 0.1) is 0 Å². The number of fused-ring (bicyclic) bond motifs is 7. The third-order valence-electron chi connectivity index (χ3n) is 9.19. The van der Waals surface area contributed by atoms with Gasteiger partial charge in [-0.2, -0.15) is 0 Å². The zero-order chi connectivity index (χ0) is 30.8. The second-order valence-electron chi connectivity index (χ2n) is 11.7. The number of aromatic nitrogens is 4. The minimum absolute atomic E-state index is 0.968. The molecular weight excluding hydrogens is 560 g/mol. The Morgan fingerprint density at radius 2 is 1.07 bits per heavy atom. The lowest BCUT2D eigenvalue weighted by atomic mass is 10.1. The maximum absolute atomic E-state index is 4.77. The molecule has 0 aliphatic heterocycles. The minimum Gasteiger partial charge on any atom is -0.309 e. The first kappa shape index (κ1) is 26.3. The summed E-state index contributed by atoms with van der Waals surface area (Å²) in [6.07, 6.45) is 8.12. The topological polar surface area (TPSA) is 27.7 Å². The van der Waals surface area contributed by atoms with Crippen LogP contribution in [0.25, 0.3) is 83.9 Å². The van der Waals surface area contributed by atoms with Crippen LogP contribution in [0.1, 0.15) is 18.2 Å². The molecule has 4 heteroatoms. The van der Waals surface area contributed by atoms with E-state index >= 15 is 0 Å². The van der Waals surface area contributed by atoms with E-state index < -0.39 is 0 Å². The monoisotopic (exact) mass is 590 g/mol.